The molecule has 0 saturated carbocycles. The largest absolute Gasteiger partial charge is 0.573 e. The molecule has 6 nitrogen and oxygen atoms in total. The predicted molar refractivity (Wildman–Crippen MR) is 95.4 cm³/mol. The Morgan fingerprint density at radius 3 is 2.75 bits per heavy atom. The Bertz CT molecular complexity index is 1150. The first-order valence-corrected chi connectivity index (χ1v) is 8.10. The molecule has 1 aliphatic heterocycles. The predicted octanol–water partition coefficient (Wildman–Crippen LogP) is 4.28. The number of hydrogen-bond donors (Lipinski definition) is 1. The van der Waals surface area contributed by atoms with Crippen LogP contribution in [0.4, 0.5) is 13.2 Å². The summed E-state index contributed by atoms with van der Waals surface area (Å²) in [6.07, 6.45) is -0.178. The fourth-order valence-corrected chi connectivity index (χ4v) is 2.85. The van der Waals surface area contributed by atoms with E-state index >= 15 is 0 Å². The molecule has 0 radical (unpaired) electrons. The standard InChI is InChI=1S/C19H12F3N3O3/c1-10-15(18(26)25-24-10)7-14-6-12-8-23-9-16(17(12)27-14)11-3-2-4-13(5-11)28-19(20,21)22/h2-9H,1H3,(H,25,26)/b15-7+. The topological polar surface area (TPSA) is 76.7 Å². The molecule has 3 aromatic rings. The third kappa shape index (κ3) is 3.46. The van der Waals surface area contributed by atoms with E-state index in [0.717, 1.165) is 0 Å². The zero-order chi connectivity index (χ0) is 19.9. The maximum absolute atomic E-state index is 12.5. The summed E-state index contributed by atoms with van der Waals surface area (Å²) >= 11 is 0. The molecular weight excluding hydrogens is 375 g/mol. The number of hydrogen-bond acceptors (Lipinski definition) is 5. The Morgan fingerprint density at radius 2 is 2.04 bits per heavy atom. The second-order valence-electron chi connectivity index (χ2n) is 6.03. The van der Waals surface area contributed by atoms with Crippen molar-refractivity contribution < 1.29 is 27.1 Å². The van der Waals surface area contributed by atoms with Gasteiger partial charge in [0.2, 0.25) is 0 Å². The molecule has 1 amide bonds. The molecule has 0 atom stereocenters. The van der Waals surface area contributed by atoms with Crippen molar-refractivity contribution in [3.8, 4) is 16.9 Å². The second kappa shape index (κ2) is 6.52. The van der Waals surface area contributed by atoms with Crippen molar-refractivity contribution in [2.75, 3.05) is 0 Å². The lowest BCUT2D eigenvalue weighted by molar-refractivity contribution is -0.274. The molecule has 0 saturated heterocycles. The van der Waals surface area contributed by atoms with E-state index in [1.165, 1.54) is 24.4 Å². The highest BCUT2D eigenvalue weighted by molar-refractivity contribution is 6.26. The number of hydrazone groups is 1. The van der Waals surface area contributed by atoms with Gasteiger partial charge in [-0.1, -0.05) is 12.1 Å². The highest BCUT2D eigenvalue weighted by Crippen LogP contribution is 2.33. The number of rotatable bonds is 3. The number of halogens is 3. The van der Waals surface area contributed by atoms with E-state index in [1.54, 1.807) is 31.3 Å². The van der Waals surface area contributed by atoms with Crippen LogP contribution >= 0.6 is 0 Å². The Morgan fingerprint density at radius 1 is 1.21 bits per heavy atom. The maximum Gasteiger partial charge on any atom is 0.573 e. The number of ether oxygens (including phenoxy) is 1. The van der Waals surface area contributed by atoms with E-state index in [-0.39, 0.29) is 11.7 Å². The molecule has 28 heavy (non-hydrogen) atoms. The van der Waals surface area contributed by atoms with Gasteiger partial charge in [0.25, 0.3) is 5.91 Å². The number of carbonyl (C=O) groups is 1. The summed E-state index contributed by atoms with van der Waals surface area (Å²) in [5, 5.41) is 4.48. The quantitative estimate of drug-likeness (QED) is 0.681. The smallest absolute Gasteiger partial charge is 0.456 e. The third-order valence-electron chi connectivity index (χ3n) is 4.07. The van der Waals surface area contributed by atoms with Gasteiger partial charge in [-0.25, -0.2) is 5.43 Å². The molecule has 0 unspecified atom stereocenters. The molecule has 1 aromatic carbocycles. The van der Waals surface area contributed by atoms with Gasteiger partial charge in [-0.3, -0.25) is 9.78 Å². The Balaban J connectivity index is 1.76. The second-order valence-corrected chi connectivity index (χ2v) is 6.03. The summed E-state index contributed by atoms with van der Waals surface area (Å²) in [6, 6.07) is 7.23. The van der Waals surface area contributed by atoms with Gasteiger partial charge < -0.3 is 9.15 Å². The summed E-state index contributed by atoms with van der Waals surface area (Å²) in [4.78, 5) is 15.9. The fourth-order valence-electron chi connectivity index (χ4n) is 2.85. The zero-order valence-electron chi connectivity index (χ0n) is 14.4. The lowest BCUT2D eigenvalue weighted by Gasteiger charge is -2.10. The Kier molecular flexibility index (Phi) is 4.14. The van der Waals surface area contributed by atoms with Gasteiger partial charge in [0, 0.05) is 23.3 Å². The van der Waals surface area contributed by atoms with Crippen LogP contribution in [0.1, 0.15) is 12.7 Å². The van der Waals surface area contributed by atoms with Crippen LogP contribution in [0, 0.1) is 0 Å². The average molecular weight is 387 g/mol. The molecule has 4 rings (SSSR count). The van der Waals surface area contributed by atoms with Crippen LogP contribution in [0.3, 0.4) is 0 Å². The molecule has 3 heterocycles. The first-order chi connectivity index (χ1) is 13.3. The van der Waals surface area contributed by atoms with Crippen molar-refractivity contribution in [3.05, 3.63) is 54.1 Å². The van der Waals surface area contributed by atoms with Crippen molar-refractivity contribution in [1.29, 1.82) is 0 Å². The highest BCUT2D eigenvalue weighted by Gasteiger charge is 2.31. The normalized spacial score (nSPS) is 15.8. The number of benzene rings is 1. The number of fused-ring (bicyclic) bond motifs is 1. The van der Waals surface area contributed by atoms with Gasteiger partial charge in [-0.2, -0.15) is 5.10 Å². The van der Waals surface area contributed by atoms with Crippen molar-refractivity contribution >= 4 is 28.7 Å². The van der Waals surface area contributed by atoms with Gasteiger partial charge in [0.1, 0.15) is 17.1 Å². The average Bonchev–Trinajstić information content (AvgIpc) is 3.18. The first-order valence-electron chi connectivity index (χ1n) is 8.10. The number of pyridine rings is 1. The van der Waals surface area contributed by atoms with E-state index in [4.69, 9.17) is 4.42 Å². The minimum atomic E-state index is -4.78. The van der Waals surface area contributed by atoms with Gasteiger partial charge in [-0.05, 0) is 36.8 Å². The van der Waals surface area contributed by atoms with Crippen molar-refractivity contribution in [1.82, 2.24) is 10.4 Å². The fraction of sp³-hybridized carbons (Fsp3) is 0.105. The maximum atomic E-state index is 12.5. The SMILES string of the molecule is CC1=NNC(=O)/C1=C/c1cc2cncc(-c3cccc(OC(F)(F)F)c3)c2o1. The number of aromatic nitrogens is 1. The molecule has 1 N–H and O–H groups in total. The Labute approximate surface area is 156 Å². The molecule has 0 spiro atoms. The van der Waals surface area contributed by atoms with Crippen molar-refractivity contribution in [3.63, 3.8) is 0 Å². The van der Waals surface area contributed by atoms with Crippen LogP contribution in [0.2, 0.25) is 0 Å². The first kappa shape index (κ1) is 17.8. The van der Waals surface area contributed by atoms with Gasteiger partial charge in [0.05, 0.1) is 11.3 Å². The van der Waals surface area contributed by atoms with Gasteiger partial charge in [-0.15, -0.1) is 13.2 Å². The van der Waals surface area contributed by atoms with Crippen molar-refractivity contribution in [2.24, 2.45) is 5.10 Å². The van der Waals surface area contributed by atoms with Crippen molar-refractivity contribution in [2.45, 2.75) is 13.3 Å². The van der Waals surface area contributed by atoms with Crippen LogP contribution in [0.15, 0.2) is 57.8 Å². The minimum absolute atomic E-state index is 0.340. The van der Waals surface area contributed by atoms with E-state index in [2.05, 4.69) is 20.2 Å². The van der Waals surface area contributed by atoms with Crippen LogP contribution in [0.5, 0.6) is 5.75 Å². The molecule has 0 fully saturated rings. The summed E-state index contributed by atoms with van der Waals surface area (Å²) in [5.74, 6) is -0.285. The number of nitrogens with zero attached hydrogens (tertiary/aromatic N) is 2. The van der Waals surface area contributed by atoms with Gasteiger partial charge in [0.15, 0.2) is 0 Å². The summed E-state index contributed by atoms with van der Waals surface area (Å²) < 4.78 is 47.3. The monoisotopic (exact) mass is 387 g/mol. The molecule has 0 bridgehead atoms. The van der Waals surface area contributed by atoms with E-state index in [0.29, 0.717) is 39.1 Å². The number of furan rings is 1. The van der Waals surface area contributed by atoms with Crippen LogP contribution in [-0.2, 0) is 4.79 Å². The molecular formula is C19H12F3N3O3. The molecule has 1 aliphatic rings. The van der Waals surface area contributed by atoms with Crippen LogP contribution in [-0.4, -0.2) is 23.0 Å². The summed E-state index contributed by atoms with van der Waals surface area (Å²) in [7, 11) is 0. The third-order valence-corrected chi connectivity index (χ3v) is 4.07. The summed E-state index contributed by atoms with van der Waals surface area (Å²) in [5.41, 5.74) is 4.63. The minimum Gasteiger partial charge on any atom is -0.456 e. The van der Waals surface area contributed by atoms with Gasteiger partial charge >= 0.3 is 6.36 Å². The molecule has 2 aromatic heterocycles. The highest BCUT2D eigenvalue weighted by atomic mass is 19.4. The number of nitrogens with one attached hydrogen (secondary N) is 1. The number of amides is 1. The summed E-state index contributed by atoms with van der Waals surface area (Å²) in [6.45, 7) is 1.69. The van der Waals surface area contributed by atoms with E-state index in [9.17, 15) is 18.0 Å². The number of carbonyl (C=O) groups excluding carboxylic acids is 1. The Hall–Kier alpha value is -3.62. The van der Waals surface area contributed by atoms with E-state index in [1.807, 2.05) is 0 Å². The van der Waals surface area contributed by atoms with E-state index < -0.39 is 6.36 Å². The molecule has 9 heteroatoms. The lowest BCUT2D eigenvalue weighted by Crippen LogP contribution is -2.17. The number of alkyl halides is 3. The zero-order valence-corrected chi connectivity index (χ0v) is 14.4. The molecule has 0 aliphatic carbocycles. The van der Waals surface area contributed by atoms with Crippen LogP contribution < -0.4 is 10.2 Å². The molecule has 142 valence electrons. The lowest BCUT2D eigenvalue weighted by atomic mass is 10.1. The van der Waals surface area contributed by atoms with Crippen LogP contribution in [0.25, 0.3) is 28.2 Å².